The van der Waals surface area contributed by atoms with Gasteiger partial charge in [0.25, 0.3) is 6.47 Å². The van der Waals surface area contributed by atoms with Crippen molar-refractivity contribution in [2.24, 2.45) is 0 Å². The van der Waals surface area contributed by atoms with Crippen LogP contribution in [0.3, 0.4) is 0 Å². The summed E-state index contributed by atoms with van der Waals surface area (Å²) in [6.45, 7) is 0.242. The van der Waals surface area contributed by atoms with E-state index >= 15 is 0 Å². The van der Waals surface area contributed by atoms with Crippen molar-refractivity contribution in [2.75, 3.05) is 19.0 Å². The van der Waals surface area contributed by atoms with Crippen LogP contribution in [0.25, 0.3) is 0 Å². The van der Waals surface area contributed by atoms with E-state index < -0.39 is 5.78 Å². The Morgan fingerprint density at radius 1 is 1.09 bits per heavy atom. The Balaban J connectivity index is 2.57. The molecule has 2 aromatic carbocycles. The highest BCUT2D eigenvalue weighted by Crippen LogP contribution is 2.40. The highest BCUT2D eigenvalue weighted by Gasteiger charge is 2.22. The summed E-state index contributed by atoms with van der Waals surface area (Å²) >= 11 is 0. The Morgan fingerprint density at radius 3 is 2.36 bits per heavy atom. The van der Waals surface area contributed by atoms with Gasteiger partial charge in [0.15, 0.2) is 11.5 Å². The van der Waals surface area contributed by atoms with E-state index in [1.807, 2.05) is 0 Å². The first-order chi connectivity index (χ1) is 10.5. The molecule has 0 amide bonds. The number of phenols is 2. The van der Waals surface area contributed by atoms with Crippen LogP contribution in [0, 0.1) is 0 Å². The number of ether oxygens (including phenoxy) is 1. The standard InChI is InChI=1S/C16H15NO5/c1-17(2)14-13(22-9-18)8-7-11(16(14)21)15(20)10-5-3-4-6-12(10)19/h3-9,19,21H,1-2H3. The molecule has 0 aromatic heterocycles. The number of ketones is 1. The first-order valence-electron chi connectivity index (χ1n) is 6.43. The molecular formula is C16H15NO5. The van der Waals surface area contributed by atoms with Crippen LogP contribution in [-0.2, 0) is 4.79 Å². The van der Waals surface area contributed by atoms with E-state index in [-0.39, 0.29) is 40.5 Å². The zero-order valence-corrected chi connectivity index (χ0v) is 12.1. The number of hydrogen-bond donors (Lipinski definition) is 2. The van der Waals surface area contributed by atoms with Crippen LogP contribution in [0.15, 0.2) is 36.4 Å². The highest BCUT2D eigenvalue weighted by molar-refractivity contribution is 6.13. The van der Waals surface area contributed by atoms with E-state index in [9.17, 15) is 19.8 Å². The molecule has 2 rings (SSSR count). The van der Waals surface area contributed by atoms with Gasteiger partial charge >= 0.3 is 0 Å². The SMILES string of the molecule is CN(C)c1c(OC=O)ccc(C(=O)c2ccccc2O)c1O. The largest absolute Gasteiger partial charge is 0.507 e. The smallest absolute Gasteiger partial charge is 0.298 e. The van der Waals surface area contributed by atoms with E-state index in [1.165, 1.54) is 29.2 Å². The maximum atomic E-state index is 12.5. The van der Waals surface area contributed by atoms with Crippen molar-refractivity contribution in [3.05, 3.63) is 47.5 Å². The Hall–Kier alpha value is -3.02. The molecular weight excluding hydrogens is 286 g/mol. The van der Waals surface area contributed by atoms with Gasteiger partial charge in [-0.15, -0.1) is 0 Å². The molecule has 0 aliphatic rings. The normalized spacial score (nSPS) is 10.1. The predicted molar refractivity (Wildman–Crippen MR) is 80.7 cm³/mol. The second-order valence-electron chi connectivity index (χ2n) is 4.76. The van der Waals surface area contributed by atoms with Crippen molar-refractivity contribution in [2.45, 2.75) is 0 Å². The quantitative estimate of drug-likeness (QED) is 0.648. The van der Waals surface area contributed by atoms with Gasteiger partial charge in [0.2, 0.25) is 5.78 Å². The second kappa shape index (κ2) is 6.17. The number of nitrogens with zero attached hydrogens (tertiary/aromatic N) is 1. The zero-order valence-electron chi connectivity index (χ0n) is 12.1. The Bertz CT molecular complexity index is 724. The maximum absolute atomic E-state index is 12.5. The van der Waals surface area contributed by atoms with Gasteiger partial charge in [-0.2, -0.15) is 0 Å². The minimum atomic E-state index is -0.531. The monoisotopic (exact) mass is 301 g/mol. The third-order valence-corrected chi connectivity index (χ3v) is 3.13. The van der Waals surface area contributed by atoms with Crippen molar-refractivity contribution >= 4 is 17.9 Å². The topological polar surface area (TPSA) is 87.1 Å². The summed E-state index contributed by atoms with van der Waals surface area (Å²) in [6.07, 6.45) is 0. The van der Waals surface area contributed by atoms with Crippen molar-refractivity contribution in [1.29, 1.82) is 0 Å². The Labute approximate surface area is 127 Å². The molecule has 6 nitrogen and oxygen atoms in total. The lowest BCUT2D eigenvalue weighted by Gasteiger charge is -2.19. The van der Waals surface area contributed by atoms with E-state index in [0.29, 0.717) is 0 Å². The molecule has 0 atom stereocenters. The van der Waals surface area contributed by atoms with E-state index in [2.05, 4.69) is 0 Å². The number of rotatable bonds is 5. The Kier molecular flexibility index (Phi) is 4.31. The van der Waals surface area contributed by atoms with Crippen LogP contribution in [0.2, 0.25) is 0 Å². The summed E-state index contributed by atoms with van der Waals surface area (Å²) < 4.78 is 4.80. The van der Waals surface area contributed by atoms with Crippen LogP contribution in [0.1, 0.15) is 15.9 Å². The number of anilines is 1. The van der Waals surface area contributed by atoms with Crippen molar-refractivity contribution in [1.82, 2.24) is 0 Å². The number of hydrogen-bond acceptors (Lipinski definition) is 6. The molecule has 0 unspecified atom stereocenters. The molecule has 0 spiro atoms. The van der Waals surface area contributed by atoms with Gasteiger partial charge in [0.05, 0.1) is 11.1 Å². The van der Waals surface area contributed by atoms with E-state index in [4.69, 9.17) is 4.74 Å². The first kappa shape index (κ1) is 15.4. The number of carbonyl (C=O) groups is 2. The van der Waals surface area contributed by atoms with Gasteiger partial charge in [-0.25, -0.2) is 0 Å². The highest BCUT2D eigenvalue weighted by atomic mass is 16.5. The third kappa shape index (κ3) is 2.71. The molecule has 114 valence electrons. The summed E-state index contributed by atoms with van der Waals surface area (Å²) in [5.74, 6) is -0.896. The molecule has 2 N–H and O–H groups in total. The van der Waals surface area contributed by atoms with Crippen LogP contribution in [0.5, 0.6) is 17.2 Å². The third-order valence-electron chi connectivity index (χ3n) is 3.13. The molecule has 6 heteroatoms. The Morgan fingerprint density at radius 2 is 1.77 bits per heavy atom. The molecule has 2 aromatic rings. The van der Waals surface area contributed by atoms with Gasteiger partial charge in [-0.3, -0.25) is 9.59 Å². The second-order valence-corrected chi connectivity index (χ2v) is 4.76. The predicted octanol–water partition coefficient (Wildman–Crippen LogP) is 1.93. The average molecular weight is 301 g/mol. The van der Waals surface area contributed by atoms with Gasteiger partial charge in [0, 0.05) is 14.1 Å². The molecule has 0 bridgehead atoms. The number of carbonyl (C=O) groups excluding carboxylic acids is 2. The number of para-hydroxylation sites is 1. The number of phenolic OH excluding ortho intramolecular Hbond substituents is 2. The van der Waals surface area contributed by atoms with Crippen molar-refractivity contribution in [3.8, 4) is 17.2 Å². The average Bonchev–Trinajstić information content (AvgIpc) is 2.47. The van der Waals surface area contributed by atoms with Crippen LogP contribution >= 0.6 is 0 Å². The molecule has 0 aliphatic carbocycles. The summed E-state index contributed by atoms with van der Waals surface area (Å²) in [5, 5.41) is 20.1. The van der Waals surface area contributed by atoms with Gasteiger partial charge in [0.1, 0.15) is 11.4 Å². The van der Waals surface area contributed by atoms with Crippen LogP contribution < -0.4 is 9.64 Å². The van der Waals surface area contributed by atoms with Crippen LogP contribution in [-0.4, -0.2) is 36.6 Å². The fraction of sp³-hybridized carbons (Fsp3) is 0.125. The summed E-state index contributed by atoms with van der Waals surface area (Å²) in [4.78, 5) is 24.5. The van der Waals surface area contributed by atoms with E-state index in [1.54, 1.807) is 26.2 Å². The lowest BCUT2D eigenvalue weighted by Crippen LogP contribution is -2.13. The fourth-order valence-electron chi connectivity index (χ4n) is 2.13. The zero-order chi connectivity index (χ0) is 16.3. The molecule has 0 fully saturated rings. The van der Waals surface area contributed by atoms with Crippen molar-refractivity contribution in [3.63, 3.8) is 0 Å². The molecule has 22 heavy (non-hydrogen) atoms. The van der Waals surface area contributed by atoms with E-state index in [0.717, 1.165) is 0 Å². The van der Waals surface area contributed by atoms with Gasteiger partial charge in [-0.05, 0) is 24.3 Å². The minimum absolute atomic E-state index is 0.00319. The maximum Gasteiger partial charge on any atom is 0.298 e. The molecule has 0 saturated heterocycles. The van der Waals surface area contributed by atoms with Crippen LogP contribution in [0.4, 0.5) is 5.69 Å². The molecule has 0 aliphatic heterocycles. The molecule has 0 radical (unpaired) electrons. The summed E-state index contributed by atoms with van der Waals surface area (Å²) in [6, 6.07) is 8.81. The molecule has 0 heterocycles. The first-order valence-corrected chi connectivity index (χ1v) is 6.43. The van der Waals surface area contributed by atoms with Gasteiger partial charge < -0.3 is 19.8 Å². The molecule has 0 saturated carbocycles. The number of benzene rings is 2. The van der Waals surface area contributed by atoms with Gasteiger partial charge in [-0.1, -0.05) is 12.1 Å². The summed E-state index contributed by atoms with van der Waals surface area (Å²) in [5.41, 5.74) is 0.281. The van der Waals surface area contributed by atoms with Crippen molar-refractivity contribution < 1.29 is 24.5 Å². The number of aromatic hydroxyl groups is 2. The fourth-order valence-corrected chi connectivity index (χ4v) is 2.13. The lowest BCUT2D eigenvalue weighted by molar-refractivity contribution is -0.120. The lowest BCUT2D eigenvalue weighted by atomic mass is 10.00. The summed E-state index contributed by atoms with van der Waals surface area (Å²) in [7, 11) is 3.28. The minimum Gasteiger partial charge on any atom is -0.507 e.